The number of urea groups is 1. The highest BCUT2D eigenvalue weighted by atomic mass is 32.1. The summed E-state index contributed by atoms with van der Waals surface area (Å²) in [4.78, 5) is 10.1. The second-order valence-corrected chi connectivity index (χ2v) is 2.16. The molecule has 2 amide bonds. The first-order valence-electron chi connectivity index (χ1n) is 2.19. The molecule has 5 nitrogen and oxygen atoms in total. The quantitative estimate of drug-likeness (QED) is 0.349. The standard InChI is InChI=1S/C3H6N4OS2/c4-1(8)6-3(10)7-2(5)9/h(H6,4,5,6,7,8,9,10). The molecule has 7 heteroatoms. The van der Waals surface area contributed by atoms with Crippen LogP contribution in [0.4, 0.5) is 4.79 Å². The number of amides is 2. The Kier molecular flexibility index (Phi) is 3.59. The van der Waals surface area contributed by atoms with Gasteiger partial charge in [0.05, 0.1) is 0 Å². The van der Waals surface area contributed by atoms with Crippen molar-refractivity contribution in [2.45, 2.75) is 0 Å². The van der Waals surface area contributed by atoms with Crippen LogP contribution >= 0.6 is 24.4 Å². The van der Waals surface area contributed by atoms with Crippen LogP contribution in [0.5, 0.6) is 0 Å². The molecule has 0 spiro atoms. The van der Waals surface area contributed by atoms with Crippen molar-refractivity contribution in [2.75, 3.05) is 0 Å². The molecule has 0 aliphatic rings. The van der Waals surface area contributed by atoms with Crippen molar-refractivity contribution < 1.29 is 4.79 Å². The Hall–Kier alpha value is -0.950. The summed E-state index contributed by atoms with van der Waals surface area (Å²) in [6, 6.07) is -0.756. The van der Waals surface area contributed by atoms with Gasteiger partial charge in [0.15, 0.2) is 10.2 Å². The van der Waals surface area contributed by atoms with E-state index in [1.54, 1.807) is 0 Å². The van der Waals surface area contributed by atoms with Crippen LogP contribution in [0.1, 0.15) is 0 Å². The van der Waals surface area contributed by atoms with Crippen LogP contribution in [-0.4, -0.2) is 16.3 Å². The van der Waals surface area contributed by atoms with Crippen molar-refractivity contribution in [3.05, 3.63) is 0 Å². The van der Waals surface area contributed by atoms with Gasteiger partial charge in [-0.25, -0.2) is 4.79 Å². The van der Waals surface area contributed by atoms with Crippen LogP contribution in [-0.2, 0) is 0 Å². The molecular formula is C3H6N4OS2. The average molecular weight is 178 g/mol. The molecule has 0 aromatic carbocycles. The molecule has 10 heavy (non-hydrogen) atoms. The highest BCUT2D eigenvalue weighted by molar-refractivity contribution is 7.81. The molecule has 0 rings (SSSR count). The first-order valence-corrected chi connectivity index (χ1v) is 3.01. The van der Waals surface area contributed by atoms with E-state index in [1.807, 2.05) is 0 Å². The van der Waals surface area contributed by atoms with Crippen LogP contribution in [0.3, 0.4) is 0 Å². The predicted molar refractivity (Wildman–Crippen MR) is 45.2 cm³/mol. The minimum Gasteiger partial charge on any atom is -0.376 e. The predicted octanol–water partition coefficient (Wildman–Crippen LogP) is -1.23. The highest BCUT2D eigenvalue weighted by Gasteiger charge is 1.97. The zero-order valence-corrected chi connectivity index (χ0v) is 6.51. The fraction of sp³-hybridized carbons (Fsp3) is 0. The number of nitrogens with one attached hydrogen (secondary N) is 2. The molecule has 0 saturated heterocycles. The molecule has 0 aliphatic heterocycles. The SMILES string of the molecule is NC(=O)NC(=S)NC(N)=S. The summed E-state index contributed by atoms with van der Waals surface area (Å²) < 4.78 is 0. The van der Waals surface area contributed by atoms with Crippen LogP contribution in [0.2, 0.25) is 0 Å². The second-order valence-electron chi connectivity index (χ2n) is 1.31. The molecule has 0 unspecified atom stereocenters. The topological polar surface area (TPSA) is 93.2 Å². The van der Waals surface area contributed by atoms with Crippen molar-refractivity contribution >= 4 is 40.7 Å². The van der Waals surface area contributed by atoms with E-state index < -0.39 is 6.03 Å². The average Bonchev–Trinajstić information content (AvgIpc) is 1.58. The molecule has 0 aliphatic carbocycles. The Morgan fingerprint density at radius 2 is 1.70 bits per heavy atom. The number of carbonyl (C=O) groups is 1. The van der Waals surface area contributed by atoms with Crippen molar-refractivity contribution in [3.63, 3.8) is 0 Å². The van der Waals surface area contributed by atoms with Gasteiger partial charge in [0.25, 0.3) is 0 Å². The maximum absolute atomic E-state index is 10.1. The number of hydrogen-bond acceptors (Lipinski definition) is 3. The summed E-state index contributed by atoms with van der Waals surface area (Å²) in [5.41, 5.74) is 9.72. The summed E-state index contributed by atoms with van der Waals surface area (Å²) in [6.07, 6.45) is 0. The fourth-order valence-electron chi connectivity index (χ4n) is 0.255. The maximum atomic E-state index is 10.1. The zero-order chi connectivity index (χ0) is 8.15. The van der Waals surface area contributed by atoms with Gasteiger partial charge in [0, 0.05) is 0 Å². The van der Waals surface area contributed by atoms with Crippen LogP contribution < -0.4 is 22.1 Å². The number of thiocarbonyl (C=S) groups is 2. The number of nitrogens with two attached hydrogens (primary N) is 2. The first-order chi connectivity index (χ1) is 4.52. The Morgan fingerprint density at radius 1 is 1.20 bits per heavy atom. The van der Waals surface area contributed by atoms with Crippen molar-refractivity contribution in [1.82, 2.24) is 10.6 Å². The monoisotopic (exact) mass is 178 g/mol. The molecular weight excluding hydrogens is 172 g/mol. The van der Waals surface area contributed by atoms with E-state index in [0.29, 0.717) is 0 Å². The third kappa shape index (κ3) is 5.19. The lowest BCUT2D eigenvalue weighted by atomic mass is 10.9. The molecule has 0 atom stereocenters. The van der Waals surface area contributed by atoms with Crippen LogP contribution in [0.25, 0.3) is 0 Å². The first kappa shape index (κ1) is 9.05. The molecule has 6 N–H and O–H groups in total. The zero-order valence-electron chi connectivity index (χ0n) is 4.88. The van der Waals surface area contributed by atoms with Crippen molar-refractivity contribution in [1.29, 1.82) is 0 Å². The molecule has 0 saturated carbocycles. The van der Waals surface area contributed by atoms with Gasteiger partial charge in [-0.15, -0.1) is 0 Å². The lowest BCUT2D eigenvalue weighted by molar-refractivity contribution is 0.253. The van der Waals surface area contributed by atoms with Crippen molar-refractivity contribution in [2.24, 2.45) is 11.5 Å². The van der Waals surface area contributed by atoms with Crippen molar-refractivity contribution in [3.8, 4) is 0 Å². The van der Waals surface area contributed by atoms with Gasteiger partial charge in [-0.1, -0.05) is 0 Å². The number of primary amides is 1. The molecule has 0 fully saturated rings. The smallest absolute Gasteiger partial charge is 0.318 e. The summed E-state index contributed by atoms with van der Waals surface area (Å²) in [7, 11) is 0. The minimum absolute atomic E-state index is 0.000000000000000222. The summed E-state index contributed by atoms with van der Waals surface area (Å²) in [6.45, 7) is 0. The Bertz CT molecular complexity index is 161. The van der Waals surface area contributed by atoms with Gasteiger partial charge in [-0.05, 0) is 24.4 Å². The normalized spacial score (nSPS) is 8.00. The number of carbonyl (C=O) groups excluding carboxylic acids is 1. The van der Waals surface area contributed by atoms with Gasteiger partial charge >= 0.3 is 6.03 Å². The number of hydrogen-bond donors (Lipinski definition) is 4. The Balaban J connectivity index is 3.65. The molecule has 56 valence electrons. The van der Waals surface area contributed by atoms with E-state index >= 15 is 0 Å². The van der Waals surface area contributed by atoms with E-state index in [2.05, 4.69) is 35.1 Å². The fourth-order valence-corrected chi connectivity index (χ4v) is 0.632. The summed E-state index contributed by atoms with van der Waals surface area (Å²) >= 11 is 8.93. The Morgan fingerprint density at radius 3 is 2.00 bits per heavy atom. The summed E-state index contributed by atoms with van der Waals surface area (Å²) in [5.74, 6) is 0. The van der Waals surface area contributed by atoms with Gasteiger partial charge in [-0.3, -0.25) is 5.32 Å². The molecule has 0 bridgehead atoms. The van der Waals surface area contributed by atoms with Gasteiger partial charge < -0.3 is 16.8 Å². The Labute approximate surface area is 68.1 Å². The van der Waals surface area contributed by atoms with E-state index in [1.165, 1.54) is 0 Å². The molecule has 0 aromatic heterocycles. The van der Waals surface area contributed by atoms with Crippen LogP contribution in [0, 0.1) is 0 Å². The molecule has 0 radical (unpaired) electrons. The number of rotatable bonds is 0. The van der Waals surface area contributed by atoms with E-state index in [-0.39, 0.29) is 10.2 Å². The van der Waals surface area contributed by atoms with Crippen LogP contribution in [0.15, 0.2) is 0 Å². The lowest BCUT2D eigenvalue weighted by Gasteiger charge is -2.03. The van der Waals surface area contributed by atoms with E-state index in [0.717, 1.165) is 0 Å². The third-order valence-corrected chi connectivity index (χ3v) is 0.780. The third-order valence-electron chi connectivity index (χ3n) is 0.473. The molecule has 0 heterocycles. The highest BCUT2D eigenvalue weighted by Crippen LogP contribution is 1.65. The van der Waals surface area contributed by atoms with E-state index in [9.17, 15) is 4.79 Å². The van der Waals surface area contributed by atoms with Gasteiger partial charge in [0.1, 0.15) is 0 Å². The summed E-state index contributed by atoms with van der Waals surface area (Å²) in [5, 5.41) is 4.35. The lowest BCUT2D eigenvalue weighted by Crippen LogP contribution is -2.46. The van der Waals surface area contributed by atoms with Gasteiger partial charge in [-0.2, -0.15) is 0 Å². The minimum atomic E-state index is -0.756. The largest absolute Gasteiger partial charge is 0.376 e. The molecule has 0 aromatic rings. The second kappa shape index (κ2) is 3.96. The van der Waals surface area contributed by atoms with Gasteiger partial charge in [0.2, 0.25) is 0 Å². The maximum Gasteiger partial charge on any atom is 0.318 e. The van der Waals surface area contributed by atoms with E-state index in [4.69, 9.17) is 11.5 Å².